The first-order valence-corrected chi connectivity index (χ1v) is 10.6. The number of rotatable bonds is 3. The lowest BCUT2D eigenvalue weighted by molar-refractivity contribution is -0.121. The molecule has 1 aliphatic heterocycles. The molecule has 0 unspecified atom stereocenters. The summed E-state index contributed by atoms with van der Waals surface area (Å²) in [5, 5.41) is 13.9. The van der Waals surface area contributed by atoms with E-state index >= 15 is 0 Å². The summed E-state index contributed by atoms with van der Waals surface area (Å²) in [6.07, 6.45) is 0.197. The summed E-state index contributed by atoms with van der Waals surface area (Å²) < 4.78 is 34.0. The van der Waals surface area contributed by atoms with Crippen LogP contribution in [0.15, 0.2) is 32.0 Å². The molecule has 8 nitrogen and oxygen atoms in total. The average molecular weight is 405 g/mol. The number of carbonyl (C=O) groups is 1. The second kappa shape index (κ2) is 6.46. The molecule has 0 bridgehead atoms. The van der Waals surface area contributed by atoms with Gasteiger partial charge in [-0.2, -0.15) is 0 Å². The second-order valence-electron chi connectivity index (χ2n) is 7.25. The fourth-order valence-corrected chi connectivity index (χ4v) is 5.37. The lowest BCUT2D eigenvalue weighted by Gasteiger charge is -2.15. The summed E-state index contributed by atoms with van der Waals surface area (Å²) in [6, 6.07) is 2.63. The van der Waals surface area contributed by atoms with Crippen molar-refractivity contribution in [3.05, 3.63) is 45.5 Å². The minimum absolute atomic E-state index is 0.195. The summed E-state index contributed by atoms with van der Waals surface area (Å²) in [5.74, 6) is -1.24. The number of hydrogen-bond donors (Lipinski definition) is 2. The maximum absolute atomic E-state index is 12.4. The molecule has 9 heteroatoms. The van der Waals surface area contributed by atoms with Gasteiger partial charge < -0.3 is 19.3 Å². The van der Waals surface area contributed by atoms with Gasteiger partial charge in [-0.3, -0.25) is 4.79 Å². The van der Waals surface area contributed by atoms with Crippen molar-refractivity contribution in [1.82, 2.24) is 5.32 Å². The van der Waals surface area contributed by atoms with Gasteiger partial charge in [0.15, 0.2) is 9.84 Å². The van der Waals surface area contributed by atoms with Crippen LogP contribution in [0.25, 0.3) is 21.9 Å². The zero-order valence-corrected chi connectivity index (χ0v) is 16.1. The topological polar surface area (TPSA) is 127 Å². The monoisotopic (exact) mass is 405 g/mol. The van der Waals surface area contributed by atoms with E-state index in [-0.39, 0.29) is 23.5 Å². The number of aliphatic hydroxyl groups excluding tert-OH is 1. The van der Waals surface area contributed by atoms with Crippen molar-refractivity contribution in [2.75, 3.05) is 11.5 Å². The Morgan fingerprint density at radius 3 is 2.64 bits per heavy atom. The van der Waals surface area contributed by atoms with E-state index in [1.54, 1.807) is 19.3 Å². The number of aryl methyl sites for hydroxylation is 2. The third kappa shape index (κ3) is 3.20. The van der Waals surface area contributed by atoms with Crippen LogP contribution in [0.5, 0.6) is 0 Å². The molecular weight excluding hydrogens is 386 g/mol. The van der Waals surface area contributed by atoms with Crippen molar-refractivity contribution in [1.29, 1.82) is 0 Å². The summed E-state index contributed by atoms with van der Waals surface area (Å²) in [4.78, 5) is 24.8. The number of hydrogen-bond acceptors (Lipinski definition) is 7. The smallest absolute Gasteiger partial charge is 0.340 e. The minimum Gasteiger partial charge on any atom is -0.464 e. The van der Waals surface area contributed by atoms with E-state index in [0.29, 0.717) is 22.1 Å². The summed E-state index contributed by atoms with van der Waals surface area (Å²) in [6.45, 7) is 3.64. The molecule has 0 radical (unpaired) electrons. The number of benzene rings is 1. The minimum atomic E-state index is -3.38. The van der Waals surface area contributed by atoms with E-state index in [2.05, 4.69) is 5.32 Å². The van der Waals surface area contributed by atoms with Gasteiger partial charge in [0.1, 0.15) is 11.2 Å². The molecule has 2 N–H and O–H groups in total. The van der Waals surface area contributed by atoms with Crippen molar-refractivity contribution in [3.8, 4) is 0 Å². The zero-order valence-electron chi connectivity index (χ0n) is 15.3. The third-order valence-electron chi connectivity index (χ3n) is 5.18. The Hall–Kier alpha value is -2.65. The summed E-state index contributed by atoms with van der Waals surface area (Å²) in [5.41, 5.74) is 2.09. The van der Waals surface area contributed by atoms with Crippen LogP contribution in [0.4, 0.5) is 0 Å². The molecule has 0 saturated carbocycles. The van der Waals surface area contributed by atoms with Crippen molar-refractivity contribution in [2.45, 2.75) is 32.4 Å². The Morgan fingerprint density at radius 1 is 1.21 bits per heavy atom. The molecule has 4 rings (SSSR count). The Bertz CT molecular complexity index is 1270. The Labute approximate surface area is 160 Å². The van der Waals surface area contributed by atoms with Gasteiger partial charge in [0.25, 0.3) is 0 Å². The number of nitrogens with one attached hydrogen (secondary N) is 1. The molecule has 1 saturated heterocycles. The van der Waals surface area contributed by atoms with Crippen LogP contribution in [0.1, 0.15) is 16.7 Å². The molecule has 3 aromatic rings. The van der Waals surface area contributed by atoms with Gasteiger partial charge in [0, 0.05) is 16.8 Å². The molecule has 2 aromatic heterocycles. The van der Waals surface area contributed by atoms with Crippen molar-refractivity contribution >= 4 is 37.7 Å². The maximum Gasteiger partial charge on any atom is 0.340 e. The molecular formula is C19H19NO7S. The van der Waals surface area contributed by atoms with E-state index in [0.717, 1.165) is 10.9 Å². The molecule has 2 atom stereocenters. The third-order valence-corrected chi connectivity index (χ3v) is 6.90. The van der Waals surface area contributed by atoms with Crippen molar-refractivity contribution < 1.29 is 27.2 Å². The van der Waals surface area contributed by atoms with Gasteiger partial charge in [0.05, 0.1) is 41.9 Å². The molecule has 1 fully saturated rings. The highest BCUT2D eigenvalue weighted by atomic mass is 32.2. The molecule has 1 aliphatic rings. The number of furan rings is 1. The quantitative estimate of drug-likeness (QED) is 0.622. The molecule has 0 aliphatic carbocycles. The van der Waals surface area contributed by atoms with Crippen LogP contribution in [0.3, 0.4) is 0 Å². The zero-order chi connectivity index (χ0) is 20.2. The molecule has 1 aromatic carbocycles. The van der Waals surface area contributed by atoms with Gasteiger partial charge in [0.2, 0.25) is 5.91 Å². The normalized spacial score (nSPS) is 21.4. The highest BCUT2D eigenvalue weighted by molar-refractivity contribution is 7.91. The van der Waals surface area contributed by atoms with Crippen LogP contribution in [-0.2, 0) is 21.1 Å². The second-order valence-corrected chi connectivity index (χ2v) is 9.41. The van der Waals surface area contributed by atoms with Crippen LogP contribution < -0.4 is 10.9 Å². The number of amides is 1. The van der Waals surface area contributed by atoms with Crippen LogP contribution in [0, 0.1) is 13.8 Å². The Balaban J connectivity index is 1.66. The fraction of sp³-hybridized carbons (Fsp3) is 0.368. The largest absolute Gasteiger partial charge is 0.464 e. The SMILES string of the molecule is Cc1coc2cc3oc(=O)c(CC(=O)N[C@H]4CS(=O)(=O)C[C@H]4O)c(C)c3cc12. The standard InChI is InChI=1S/C19H19NO7S/c1-9-6-26-16-5-17-12(3-11(9)16)10(2)13(19(23)27-17)4-18(22)20-14-7-28(24,25)8-15(14)21/h3,5-6,14-15,21H,4,7-8H2,1-2H3,(H,20,22)/t14-,15+/m0/s1. The van der Waals surface area contributed by atoms with Gasteiger partial charge in [-0.1, -0.05) is 0 Å². The van der Waals surface area contributed by atoms with Gasteiger partial charge in [-0.25, -0.2) is 13.2 Å². The summed E-state index contributed by atoms with van der Waals surface area (Å²) in [7, 11) is -3.38. The molecule has 1 amide bonds. The molecule has 0 spiro atoms. The van der Waals surface area contributed by atoms with E-state index in [1.807, 2.05) is 13.0 Å². The first-order valence-electron chi connectivity index (χ1n) is 8.76. The molecule has 148 valence electrons. The molecule has 28 heavy (non-hydrogen) atoms. The van der Waals surface area contributed by atoms with Crippen LogP contribution in [-0.4, -0.2) is 43.1 Å². The summed E-state index contributed by atoms with van der Waals surface area (Å²) >= 11 is 0. The van der Waals surface area contributed by atoms with Crippen LogP contribution >= 0.6 is 0 Å². The fourth-order valence-electron chi connectivity index (χ4n) is 3.63. The number of sulfone groups is 1. The first-order chi connectivity index (χ1) is 13.1. The van der Waals surface area contributed by atoms with Crippen molar-refractivity contribution in [2.24, 2.45) is 0 Å². The first kappa shape index (κ1) is 18.7. The Kier molecular flexibility index (Phi) is 4.31. The van der Waals surface area contributed by atoms with E-state index < -0.39 is 33.5 Å². The van der Waals surface area contributed by atoms with Crippen LogP contribution in [0.2, 0.25) is 0 Å². The lowest BCUT2D eigenvalue weighted by Crippen LogP contribution is -2.43. The van der Waals surface area contributed by atoms with E-state index in [4.69, 9.17) is 8.83 Å². The average Bonchev–Trinajstić information content (AvgIpc) is 3.08. The van der Waals surface area contributed by atoms with Crippen molar-refractivity contribution in [3.63, 3.8) is 0 Å². The number of fused-ring (bicyclic) bond motifs is 2. The predicted octanol–water partition coefficient (Wildman–Crippen LogP) is 0.973. The van der Waals surface area contributed by atoms with Gasteiger partial charge in [-0.05, 0) is 31.0 Å². The highest BCUT2D eigenvalue weighted by Gasteiger charge is 2.37. The Morgan fingerprint density at radius 2 is 1.96 bits per heavy atom. The molecule has 3 heterocycles. The number of aliphatic hydroxyl groups is 1. The van der Waals surface area contributed by atoms with E-state index in [9.17, 15) is 23.1 Å². The predicted molar refractivity (Wildman–Crippen MR) is 102 cm³/mol. The van der Waals surface area contributed by atoms with Gasteiger partial charge >= 0.3 is 5.63 Å². The number of carbonyl (C=O) groups excluding carboxylic acids is 1. The maximum atomic E-state index is 12.4. The lowest BCUT2D eigenvalue weighted by atomic mass is 10.0. The van der Waals surface area contributed by atoms with E-state index in [1.165, 1.54) is 0 Å². The highest BCUT2D eigenvalue weighted by Crippen LogP contribution is 2.28. The van der Waals surface area contributed by atoms with Gasteiger partial charge in [-0.15, -0.1) is 0 Å².